The monoisotopic (exact) mass is 406 g/mol. The summed E-state index contributed by atoms with van der Waals surface area (Å²) in [5, 5.41) is 3.24. The van der Waals surface area contributed by atoms with Crippen molar-refractivity contribution in [3.63, 3.8) is 0 Å². The van der Waals surface area contributed by atoms with Crippen molar-refractivity contribution in [1.82, 2.24) is 14.8 Å². The Labute approximate surface area is 169 Å². The number of hydrogen-bond acceptors (Lipinski definition) is 5. The highest BCUT2D eigenvalue weighted by Crippen LogP contribution is 2.21. The number of rotatable bonds is 9. The molecule has 1 aromatic heterocycles. The van der Waals surface area contributed by atoms with Crippen LogP contribution >= 0.6 is 11.3 Å². The molecule has 0 radical (unpaired) electrons. The molecule has 8 heteroatoms. The zero-order valence-corrected chi connectivity index (χ0v) is 17.6. The van der Waals surface area contributed by atoms with Gasteiger partial charge in [-0.1, -0.05) is 26.0 Å². The van der Waals surface area contributed by atoms with E-state index in [9.17, 15) is 14.0 Å². The zero-order valence-electron chi connectivity index (χ0n) is 16.8. The lowest BCUT2D eigenvalue weighted by molar-refractivity contribution is -0.116. The van der Waals surface area contributed by atoms with E-state index < -0.39 is 11.7 Å². The number of hydrogen-bond donors (Lipinski definition) is 1. The molecule has 2 rings (SSSR count). The molecule has 2 aromatic rings. The number of carbonyl (C=O) groups excluding carboxylic acids is 2. The SMILES string of the molecule is CCN(CC)CCN(CC(=O)Nc1nc(C)c(C)s1)C(=O)c1ccccc1F. The van der Waals surface area contributed by atoms with Crippen LogP contribution in [0, 0.1) is 19.7 Å². The van der Waals surface area contributed by atoms with Crippen molar-refractivity contribution >= 4 is 28.3 Å². The predicted molar refractivity (Wildman–Crippen MR) is 110 cm³/mol. The van der Waals surface area contributed by atoms with Gasteiger partial charge < -0.3 is 15.1 Å². The minimum absolute atomic E-state index is 0.0317. The summed E-state index contributed by atoms with van der Waals surface area (Å²) in [7, 11) is 0. The molecule has 0 bridgehead atoms. The van der Waals surface area contributed by atoms with Crippen molar-refractivity contribution in [1.29, 1.82) is 0 Å². The van der Waals surface area contributed by atoms with Gasteiger partial charge in [-0.3, -0.25) is 9.59 Å². The summed E-state index contributed by atoms with van der Waals surface area (Å²) in [5.41, 5.74) is 0.830. The van der Waals surface area contributed by atoms with E-state index in [0.717, 1.165) is 23.7 Å². The average molecular weight is 407 g/mol. The molecule has 1 heterocycles. The maximum Gasteiger partial charge on any atom is 0.257 e. The van der Waals surface area contributed by atoms with Crippen LogP contribution in [0.5, 0.6) is 0 Å². The van der Waals surface area contributed by atoms with Gasteiger partial charge in [0.15, 0.2) is 5.13 Å². The molecule has 0 aliphatic rings. The van der Waals surface area contributed by atoms with E-state index in [-0.39, 0.29) is 18.0 Å². The normalized spacial score (nSPS) is 10.9. The van der Waals surface area contributed by atoms with Crippen LogP contribution in [0.25, 0.3) is 0 Å². The van der Waals surface area contributed by atoms with Crippen LogP contribution in [-0.2, 0) is 4.79 Å². The fraction of sp³-hybridized carbons (Fsp3) is 0.450. The van der Waals surface area contributed by atoms with Crippen molar-refractivity contribution in [3.05, 3.63) is 46.2 Å². The molecule has 152 valence electrons. The fourth-order valence-corrected chi connectivity index (χ4v) is 3.55. The van der Waals surface area contributed by atoms with E-state index in [0.29, 0.717) is 18.2 Å². The van der Waals surface area contributed by atoms with Crippen LogP contribution in [0.4, 0.5) is 9.52 Å². The molecule has 2 amide bonds. The largest absolute Gasteiger partial charge is 0.328 e. The number of nitrogens with zero attached hydrogens (tertiary/aromatic N) is 3. The molecule has 0 saturated carbocycles. The first-order valence-corrected chi connectivity index (χ1v) is 10.2. The molecule has 0 spiro atoms. The minimum Gasteiger partial charge on any atom is -0.328 e. The third kappa shape index (κ3) is 5.84. The second-order valence-electron chi connectivity index (χ2n) is 6.44. The molecule has 6 nitrogen and oxygen atoms in total. The lowest BCUT2D eigenvalue weighted by atomic mass is 10.2. The van der Waals surface area contributed by atoms with Gasteiger partial charge in [0.25, 0.3) is 5.91 Å². The van der Waals surface area contributed by atoms with E-state index in [1.54, 1.807) is 6.07 Å². The zero-order chi connectivity index (χ0) is 20.7. The Bertz CT molecular complexity index is 801. The van der Waals surface area contributed by atoms with Crippen molar-refractivity contribution < 1.29 is 14.0 Å². The molecule has 0 fully saturated rings. The predicted octanol–water partition coefficient (Wildman–Crippen LogP) is 3.32. The number of likely N-dealkylation sites (N-methyl/N-ethyl adjacent to an activating group) is 1. The Morgan fingerprint density at radius 2 is 1.82 bits per heavy atom. The molecule has 28 heavy (non-hydrogen) atoms. The first kappa shape index (κ1) is 22.0. The van der Waals surface area contributed by atoms with Crippen molar-refractivity contribution in [2.24, 2.45) is 0 Å². The number of nitrogens with one attached hydrogen (secondary N) is 1. The van der Waals surface area contributed by atoms with Gasteiger partial charge in [-0.05, 0) is 39.1 Å². The lowest BCUT2D eigenvalue weighted by Gasteiger charge is -2.26. The average Bonchev–Trinajstić information content (AvgIpc) is 2.98. The summed E-state index contributed by atoms with van der Waals surface area (Å²) in [6.07, 6.45) is 0. The summed E-state index contributed by atoms with van der Waals surface area (Å²) < 4.78 is 14.1. The standard InChI is InChI=1S/C20H27FN4O2S/c1-5-24(6-2)11-12-25(19(27)16-9-7-8-10-17(16)21)13-18(26)23-20-22-14(3)15(4)28-20/h7-10H,5-6,11-13H2,1-4H3,(H,22,23,26). The Kier molecular flexibility index (Phi) is 8.07. The molecule has 0 atom stereocenters. The summed E-state index contributed by atoms with van der Waals surface area (Å²) in [4.78, 5) is 34.2. The molecular weight excluding hydrogens is 379 g/mol. The minimum atomic E-state index is -0.591. The number of halogens is 1. The van der Waals surface area contributed by atoms with Gasteiger partial charge in [-0.15, -0.1) is 11.3 Å². The Morgan fingerprint density at radius 1 is 1.14 bits per heavy atom. The second kappa shape index (κ2) is 10.3. The highest BCUT2D eigenvalue weighted by molar-refractivity contribution is 7.15. The van der Waals surface area contributed by atoms with E-state index in [4.69, 9.17) is 0 Å². The molecule has 0 aliphatic carbocycles. The van der Waals surface area contributed by atoms with Gasteiger partial charge >= 0.3 is 0 Å². The van der Waals surface area contributed by atoms with Crippen LogP contribution in [0.15, 0.2) is 24.3 Å². The number of carbonyl (C=O) groups is 2. The first-order chi connectivity index (χ1) is 13.3. The number of anilines is 1. The molecule has 0 saturated heterocycles. The molecule has 1 N–H and O–H groups in total. The van der Waals surface area contributed by atoms with E-state index >= 15 is 0 Å². The molecule has 0 aliphatic heterocycles. The van der Waals surface area contributed by atoms with Crippen molar-refractivity contribution in [2.45, 2.75) is 27.7 Å². The third-order valence-corrected chi connectivity index (χ3v) is 5.57. The third-order valence-electron chi connectivity index (χ3n) is 4.58. The Morgan fingerprint density at radius 3 is 2.39 bits per heavy atom. The van der Waals surface area contributed by atoms with E-state index in [1.165, 1.54) is 34.4 Å². The van der Waals surface area contributed by atoms with Crippen LogP contribution < -0.4 is 5.32 Å². The summed E-state index contributed by atoms with van der Waals surface area (Å²) in [5.74, 6) is -1.43. The quantitative estimate of drug-likeness (QED) is 0.694. The summed E-state index contributed by atoms with van der Waals surface area (Å²) in [6, 6.07) is 5.83. The number of thiazole rings is 1. The van der Waals surface area contributed by atoms with Crippen LogP contribution in [-0.4, -0.2) is 59.3 Å². The van der Waals surface area contributed by atoms with Gasteiger partial charge in [0.2, 0.25) is 5.91 Å². The molecule has 0 unspecified atom stereocenters. The van der Waals surface area contributed by atoms with Crippen molar-refractivity contribution in [3.8, 4) is 0 Å². The lowest BCUT2D eigenvalue weighted by Crippen LogP contribution is -2.43. The van der Waals surface area contributed by atoms with E-state index in [2.05, 4.69) is 15.2 Å². The number of benzene rings is 1. The number of aromatic nitrogens is 1. The van der Waals surface area contributed by atoms with Crippen LogP contribution in [0.1, 0.15) is 34.8 Å². The van der Waals surface area contributed by atoms with Gasteiger partial charge in [-0.25, -0.2) is 9.37 Å². The fourth-order valence-electron chi connectivity index (χ4n) is 2.72. The van der Waals surface area contributed by atoms with Gasteiger partial charge in [-0.2, -0.15) is 0 Å². The van der Waals surface area contributed by atoms with Gasteiger partial charge in [0.05, 0.1) is 11.3 Å². The highest BCUT2D eigenvalue weighted by Gasteiger charge is 2.22. The van der Waals surface area contributed by atoms with Crippen molar-refractivity contribution in [2.75, 3.05) is 38.0 Å². The number of aryl methyl sites for hydroxylation is 2. The summed E-state index contributed by atoms with van der Waals surface area (Å²) >= 11 is 1.39. The maximum absolute atomic E-state index is 14.1. The second-order valence-corrected chi connectivity index (χ2v) is 7.65. The van der Waals surface area contributed by atoms with Crippen LogP contribution in [0.3, 0.4) is 0 Å². The Hall–Kier alpha value is -2.32. The topological polar surface area (TPSA) is 65.5 Å². The molecular formula is C20H27FN4O2S. The van der Waals surface area contributed by atoms with Crippen LogP contribution in [0.2, 0.25) is 0 Å². The highest BCUT2D eigenvalue weighted by atomic mass is 32.1. The Balaban J connectivity index is 2.13. The van der Waals surface area contributed by atoms with Gasteiger partial charge in [0, 0.05) is 18.0 Å². The number of amides is 2. The van der Waals surface area contributed by atoms with E-state index in [1.807, 2.05) is 27.7 Å². The first-order valence-electron chi connectivity index (χ1n) is 9.35. The summed E-state index contributed by atoms with van der Waals surface area (Å²) in [6.45, 7) is 10.3. The molecule has 1 aromatic carbocycles. The smallest absolute Gasteiger partial charge is 0.257 e. The van der Waals surface area contributed by atoms with Gasteiger partial charge in [0.1, 0.15) is 12.4 Å². The maximum atomic E-state index is 14.1.